The third-order valence-electron chi connectivity index (χ3n) is 3.62. The SMILES string of the molecule is Cc1cc(C)c(N)c(-c2nc3cccc(Cl)c3n2C)c1. The molecule has 0 aliphatic rings. The van der Waals surface area contributed by atoms with E-state index >= 15 is 0 Å². The average molecular weight is 286 g/mol. The number of hydrogen-bond acceptors (Lipinski definition) is 2. The molecule has 3 nitrogen and oxygen atoms in total. The molecule has 0 unspecified atom stereocenters. The Morgan fingerprint density at radius 1 is 1.20 bits per heavy atom. The van der Waals surface area contributed by atoms with Crippen molar-refractivity contribution in [1.29, 1.82) is 0 Å². The first-order chi connectivity index (χ1) is 9.49. The molecular weight excluding hydrogens is 270 g/mol. The van der Waals surface area contributed by atoms with Crippen molar-refractivity contribution in [2.24, 2.45) is 7.05 Å². The molecule has 0 bridgehead atoms. The highest BCUT2D eigenvalue weighted by molar-refractivity contribution is 6.35. The zero-order valence-corrected chi connectivity index (χ0v) is 12.5. The van der Waals surface area contributed by atoms with Crippen LogP contribution < -0.4 is 5.73 Å². The number of anilines is 1. The Labute approximate surface area is 123 Å². The van der Waals surface area contributed by atoms with Gasteiger partial charge in [-0.25, -0.2) is 4.98 Å². The van der Waals surface area contributed by atoms with Gasteiger partial charge in [-0.05, 0) is 43.2 Å². The van der Waals surface area contributed by atoms with E-state index in [1.807, 2.05) is 36.7 Å². The van der Waals surface area contributed by atoms with Crippen molar-refractivity contribution in [3.63, 3.8) is 0 Å². The minimum absolute atomic E-state index is 0.701. The molecule has 2 N–H and O–H groups in total. The van der Waals surface area contributed by atoms with Crippen molar-refractivity contribution >= 4 is 28.3 Å². The molecule has 3 rings (SSSR count). The Kier molecular flexibility index (Phi) is 2.94. The van der Waals surface area contributed by atoms with E-state index in [0.717, 1.165) is 33.7 Å². The van der Waals surface area contributed by atoms with Crippen LogP contribution in [0, 0.1) is 13.8 Å². The third-order valence-corrected chi connectivity index (χ3v) is 3.92. The monoisotopic (exact) mass is 285 g/mol. The van der Waals surface area contributed by atoms with Crippen LogP contribution in [-0.2, 0) is 7.05 Å². The molecule has 102 valence electrons. The molecule has 2 aromatic carbocycles. The van der Waals surface area contributed by atoms with Crippen LogP contribution in [0.25, 0.3) is 22.4 Å². The largest absolute Gasteiger partial charge is 0.398 e. The van der Waals surface area contributed by atoms with Gasteiger partial charge in [-0.1, -0.05) is 23.7 Å². The van der Waals surface area contributed by atoms with Gasteiger partial charge in [-0.3, -0.25) is 0 Å². The Balaban J connectivity index is 2.36. The Hall–Kier alpha value is -2.00. The lowest BCUT2D eigenvalue weighted by Crippen LogP contribution is -1.99. The quantitative estimate of drug-likeness (QED) is 0.684. The van der Waals surface area contributed by atoms with Gasteiger partial charge in [-0.2, -0.15) is 0 Å². The van der Waals surface area contributed by atoms with E-state index in [1.54, 1.807) is 0 Å². The topological polar surface area (TPSA) is 43.8 Å². The molecule has 1 heterocycles. The fourth-order valence-corrected chi connectivity index (χ4v) is 2.92. The van der Waals surface area contributed by atoms with Gasteiger partial charge in [-0.15, -0.1) is 0 Å². The van der Waals surface area contributed by atoms with Gasteiger partial charge >= 0.3 is 0 Å². The van der Waals surface area contributed by atoms with Crippen molar-refractivity contribution in [2.75, 3.05) is 5.73 Å². The van der Waals surface area contributed by atoms with E-state index in [1.165, 1.54) is 5.56 Å². The molecule has 0 amide bonds. The molecular formula is C16H16ClN3. The maximum absolute atomic E-state index is 6.27. The summed E-state index contributed by atoms with van der Waals surface area (Å²) in [4.78, 5) is 4.68. The molecule has 1 aromatic heterocycles. The lowest BCUT2D eigenvalue weighted by molar-refractivity contribution is 0.959. The van der Waals surface area contributed by atoms with Crippen molar-refractivity contribution in [1.82, 2.24) is 9.55 Å². The van der Waals surface area contributed by atoms with Crippen molar-refractivity contribution in [2.45, 2.75) is 13.8 Å². The first kappa shape index (κ1) is 13.0. The predicted octanol–water partition coefficient (Wildman–Crippen LogP) is 4.09. The zero-order chi connectivity index (χ0) is 14.4. The highest BCUT2D eigenvalue weighted by Crippen LogP contribution is 2.33. The number of hydrogen-bond donors (Lipinski definition) is 1. The van der Waals surface area contributed by atoms with Crippen LogP contribution in [0.1, 0.15) is 11.1 Å². The van der Waals surface area contributed by atoms with Crippen molar-refractivity contribution < 1.29 is 0 Å². The zero-order valence-electron chi connectivity index (χ0n) is 11.7. The van der Waals surface area contributed by atoms with E-state index in [-0.39, 0.29) is 0 Å². The molecule has 0 aliphatic carbocycles. The van der Waals surface area contributed by atoms with Gasteiger partial charge < -0.3 is 10.3 Å². The fourth-order valence-electron chi connectivity index (χ4n) is 2.63. The van der Waals surface area contributed by atoms with E-state index in [4.69, 9.17) is 17.3 Å². The van der Waals surface area contributed by atoms with Crippen molar-refractivity contribution in [3.05, 3.63) is 46.5 Å². The van der Waals surface area contributed by atoms with E-state index in [0.29, 0.717) is 5.02 Å². The van der Waals surface area contributed by atoms with Crippen LogP contribution >= 0.6 is 11.6 Å². The number of aromatic nitrogens is 2. The molecule has 0 atom stereocenters. The van der Waals surface area contributed by atoms with Gasteiger partial charge in [0.15, 0.2) is 0 Å². The minimum atomic E-state index is 0.701. The fraction of sp³-hybridized carbons (Fsp3) is 0.188. The number of imidazole rings is 1. The number of nitrogens with two attached hydrogens (primary N) is 1. The summed E-state index contributed by atoms with van der Waals surface area (Å²) in [6.45, 7) is 4.08. The Morgan fingerprint density at radius 3 is 2.65 bits per heavy atom. The standard InChI is InChI=1S/C16H16ClN3/c1-9-7-10(2)14(18)11(8-9)16-19-13-6-4-5-12(17)15(13)20(16)3/h4-8H,18H2,1-3H3. The summed E-state index contributed by atoms with van der Waals surface area (Å²) in [5.41, 5.74) is 12.0. The second kappa shape index (κ2) is 4.53. The molecule has 20 heavy (non-hydrogen) atoms. The minimum Gasteiger partial charge on any atom is -0.398 e. The second-order valence-electron chi connectivity index (χ2n) is 5.15. The summed E-state index contributed by atoms with van der Waals surface area (Å²) in [7, 11) is 1.97. The molecule has 0 spiro atoms. The van der Waals surface area contributed by atoms with Crippen LogP contribution in [0.5, 0.6) is 0 Å². The van der Waals surface area contributed by atoms with E-state index in [2.05, 4.69) is 24.0 Å². The van der Waals surface area contributed by atoms with Crippen molar-refractivity contribution in [3.8, 4) is 11.4 Å². The Morgan fingerprint density at radius 2 is 1.95 bits per heavy atom. The second-order valence-corrected chi connectivity index (χ2v) is 5.55. The molecule has 0 saturated heterocycles. The van der Waals surface area contributed by atoms with Crippen LogP contribution in [0.4, 0.5) is 5.69 Å². The molecule has 0 fully saturated rings. The number of para-hydroxylation sites is 1. The summed E-state index contributed by atoms with van der Waals surface area (Å²) < 4.78 is 2.00. The molecule has 4 heteroatoms. The molecule has 3 aromatic rings. The molecule has 0 saturated carbocycles. The first-order valence-electron chi connectivity index (χ1n) is 6.47. The van der Waals surface area contributed by atoms with Gasteiger partial charge in [0.25, 0.3) is 0 Å². The lowest BCUT2D eigenvalue weighted by atomic mass is 10.0. The number of halogens is 1. The summed E-state index contributed by atoms with van der Waals surface area (Å²) in [5, 5.41) is 0.701. The van der Waals surface area contributed by atoms with Crippen LogP contribution in [0.3, 0.4) is 0 Å². The normalized spacial score (nSPS) is 11.2. The molecule has 0 radical (unpaired) electrons. The molecule has 0 aliphatic heterocycles. The van der Waals surface area contributed by atoms with Gasteiger partial charge in [0.2, 0.25) is 0 Å². The van der Waals surface area contributed by atoms with Crippen LogP contribution in [0.2, 0.25) is 5.02 Å². The number of rotatable bonds is 1. The maximum atomic E-state index is 6.27. The Bertz CT molecular complexity index is 818. The smallest absolute Gasteiger partial charge is 0.143 e. The van der Waals surface area contributed by atoms with E-state index < -0.39 is 0 Å². The number of nitrogens with zero attached hydrogens (tertiary/aromatic N) is 2. The maximum Gasteiger partial charge on any atom is 0.143 e. The average Bonchev–Trinajstić information content (AvgIpc) is 2.72. The van der Waals surface area contributed by atoms with Gasteiger partial charge in [0, 0.05) is 18.3 Å². The first-order valence-corrected chi connectivity index (χ1v) is 6.85. The summed E-state index contributed by atoms with van der Waals surface area (Å²) in [6.07, 6.45) is 0. The number of benzene rings is 2. The summed E-state index contributed by atoms with van der Waals surface area (Å²) in [5.74, 6) is 0.845. The third kappa shape index (κ3) is 1.86. The summed E-state index contributed by atoms with van der Waals surface area (Å²) >= 11 is 6.27. The van der Waals surface area contributed by atoms with Gasteiger partial charge in [0.05, 0.1) is 16.1 Å². The van der Waals surface area contributed by atoms with Gasteiger partial charge in [0.1, 0.15) is 5.82 Å². The number of aryl methyl sites for hydroxylation is 3. The van der Waals surface area contributed by atoms with Crippen LogP contribution in [-0.4, -0.2) is 9.55 Å². The highest BCUT2D eigenvalue weighted by atomic mass is 35.5. The summed E-state index contributed by atoms with van der Waals surface area (Å²) in [6, 6.07) is 9.89. The lowest BCUT2D eigenvalue weighted by Gasteiger charge is -2.10. The van der Waals surface area contributed by atoms with E-state index in [9.17, 15) is 0 Å². The predicted molar refractivity (Wildman–Crippen MR) is 85.0 cm³/mol. The number of nitrogen functional groups attached to an aromatic ring is 1. The van der Waals surface area contributed by atoms with Crippen LogP contribution in [0.15, 0.2) is 30.3 Å². The number of fused-ring (bicyclic) bond motifs is 1. The highest BCUT2D eigenvalue weighted by Gasteiger charge is 2.15.